The predicted molar refractivity (Wildman–Crippen MR) is 63.5 cm³/mol. The molecule has 0 radical (unpaired) electrons. The minimum absolute atomic E-state index is 0.110. The Morgan fingerprint density at radius 2 is 2.12 bits per heavy atom. The number of rotatable bonds is 3. The number of pyridine rings is 1. The van der Waals surface area contributed by atoms with E-state index in [1.54, 1.807) is 24.5 Å². The van der Waals surface area contributed by atoms with Crippen molar-refractivity contribution in [3.8, 4) is 0 Å². The zero-order valence-electron chi connectivity index (χ0n) is 9.18. The summed E-state index contributed by atoms with van der Waals surface area (Å²) in [5.41, 5.74) is 2.90. The van der Waals surface area contributed by atoms with Crippen LogP contribution in [0, 0.1) is 6.92 Å². The summed E-state index contributed by atoms with van der Waals surface area (Å²) in [5.74, 6) is 0.110. The zero-order chi connectivity index (χ0) is 11.4. The van der Waals surface area contributed by atoms with Gasteiger partial charge in [0.05, 0.1) is 0 Å². The Kier molecular flexibility index (Phi) is 3.10. The fourth-order valence-electron chi connectivity index (χ4n) is 1.64. The second-order valence-corrected chi connectivity index (χ2v) is 3.83. The van der Waals surface area contributed by atoms with Crippen molar-refractivity contribution in [2.24, 2.45) is 0 Å². The molecule has 2 nitrogen and oxygen atoms in total. The van der Waals surface area contributed by atoms with Gasteiger partial charge in [0.15, 0.2) is 5.78 Å². The molecule has 1 heterocycles. The van der Waals surface area contributed by atoms with Crippen LogP contribution in [0.1, 0.15) is 21.5 Å². The average Bonchev–Trinajstić information content (AvgIpc) is 2.30. The summed E-state index contributed by atoms with van der Waals surface area (Å²) >= 11 is 0. The number of aromatic nitrogens is 1. The van der Waals surface area contributed by atoms with E-state index in [4.69, 9.17) is 0 Å². The first-order valence-corrected chi connectivity index (χ1v) is 5.24. The van der Waals surface area contributed by atoms with Crippen LogP contribution in [0.15, 0.2) is 48.8 Å². The van der Waals surface area contributed by atoms with Crippen molar-refractivity contribution in [1.82, 2.24) is 4.98 Å². The van der Waals surface area contributed by atoms with Crippen LogP contribution in [0.25, 0.3) is 0 Å². The van der Waals surface area contributed by atoms with E-state index in [0.717, 1.165) is 5.56 Å². The van der Waals surface area contributed by atoms with Crippen LogP contribution in [0.4, 0.5) is 0 Å². The molecule has 1 aromatic heterocycles. The van der Waals surface area contributed by atoms with Crippen molar-refractivity contribution in [1.29, 1.82) is 0 Å². The molecular weight excluding hydrogens is 198 g/mol. The van der Waals surface area contributed by atoms with Crippen molar-refractivity contribution in [3.05, 3.63) is 65.5 Å². The Labute approximate surface area is 95.0 Å². The first-order valence-electron chi connectivity index (χ1n) is 5.24. The van der Waals surface area contributed by atoms with E-state index in [2.05, 4.69) is 4.98 Å². The van der Waals surface area contributed by atoms with E-state index in [9.17, 15) is 4.79 Å². The fourth-order valence-corrected chi connectivity index (χ4v) is 1.64. The number of Topliss-reactive ketones (excluding diaryl/α,β-unsaturated/α-hetero) is 1. The second-order valence-electron chi connectivity index (χ2n) is 3.83. The van der Waals surface area contributed by atoms with Crippen molar-refractivity contribution in [2.45, 2.75) is 13.3 Å². The van der Waals surface area contributed by atoms with E-state index in [0.29, 0.717) is 12.0 Å². The standard InChI is InChI=1S/C14H13NO/c1-11-4-2-5-12(8-11)9-14(16)13-6-3-7-15-10-13/h2-8,10H,9H2,1H3. The van der Waals surface area contributed by atoms with Crippen LogP contribution < -0.4 is 0 Å². The summed E-state index contributed by atoms with van der Waals surface area (Å²) < 4.78 is 0. The monoisotopic (exact) mass is 211 g/mol. The summed E-state index contributed by atoms with van der Waals surface area (Å²) in [5, 5.41) is 0. The highest BCUT2D eigenvalue weighted by atomic mass is 16.1. The summed E-state index contributed by atoms with van der Waals surface area (Å²) in [6, 6.07) is 11.6. The van der Waals surface area contributed by atoms with Crippen molar-refractivity contribution in [2.75, 3.05) is 0 Å². The number of nitrogens with zero attached hydrogens (tertiary/aromatic N) is 1. The van der Waals surface area contributed by atoms with E-state index in [-0.39, 0.29) is 5.78 Å². The van der Waals surface area contributed by atoms with Gasteiger partial charge in [0.25, 0.3) is 0 Å². The van der Waals surface area contributed by atoms with Crippen LogP contribution in [-0.4, -0.2) is 10.8 Å². The fraction of sp³-hybridized carbons (Fsp3) is 0.143. The number of benzene rings is 1. The van der Waals surface area contributed by atoms with E-state index in [1.165, 1.54) is 5.56 Å². The lowest BCUT2D eigenvalue weighted by atomic mass is 10.0. The summed E-state index contributed by atoms with van der Waals surface area (Å²) in [4.78, 5) is 15.8. The van der Waals surface area contributed by atoms with Crippen LogP contribution in [0.5, 0.6) is 0 Å². The van der Waals surface area contributed by atoms with Crippen LogP contribution in [0.3, 0.4) is 0 Å². The second kappa shape index (κ2) is 4.71. The quantitative estimate of drug-likeness (QED) is 0.731. The minimum Gasteiger partial charge on any atom is -0.294 e. The molecule has 0 fully saturated rings. The molecule has 0 saturated heterocycles. The van der Waals surface area contributed by atoms with E-state index < -0.39 is 0 Å². The summed E-state index contributed by atoms with van der Waals surface area (Å²) in [6.07, 6.45) is 3.72. The SMILES string of the molecule is Cc1cccc(CC(=O)c2cccnc2)c1. The van der Waals surface area contributed by atoms with Gasteiger partial charge in [-0.05, 0) is 24.6 Å². The molecule has 0 aliphatic rings. The molecule has 0 unspecified atom stereocenters. The maximum atomic E-state index is 11.9. The van der Waals surface area contributed by atoms with Crippen molar-refractivity contribution in [3.63, 3.8) is 0 Å². The Morgan fingerprint density at radius 1 is 1.25 bits per heavy atom. The molecule has 0 N–H and O–H groups in total. The smallest absolute Gasteiger partial charge is 0.168 e. The number of carbonyl (C=O) groups excluding carboxylic acids is 1. The van der Waals surface area contributed by atoms with Gasteiger partial charge in [-0.2, -0.15) is 0 Å². The first kappa shape index (κ1) is 10.6. The molecule has 0 spiro atoms. The minimum atomic E-state index is 0.110. The van der Waals surface area contributed by atoms with Gasteiger partial charge in [0, 0.05) is 24.4 Å². The predicted octanol–water partition coefficient (Wildman–Crippen LogP) is 2.82. The molecule has 2 heteroatoms. The van der Waals surface area contributed by atoms with Crippen LogP contribution >= 0.6 is 0 Å². The van der Waals surface area contributed by atoms with Crippen LogP contribution in [0.2, 0.25) is 0 Å². The molecule has 1 aromatic carbocycles. The van der Waals surface area contributed by atoms with Gasteiger partial charge >= 0.3 is 0 Å². The normalized spacial score (nSPS) is 10.1. The molecule has 80 valence electrons. The van der Waals surface area contributed by atoms with Gasteiger partial charge in [0.1, 0.15) is 0 Å². The third kappa shape index (κ3) is 2.54. The molecule has 16 heavy (non-hydrogen) atoms. The lowest BCUT2D eigenvalue weighted by Gasteiger charge is -2.02. The third-order valence-corrected chi connectivity index (χ3v) is 2.43. The number of ketones is 1. The molecule has 0 aliphatic heterocycles. The maximum Gasteiger partial charge on any atom is 0.168 e. The molecule has 0 saturated carbocycles. The molecule has 0 atom stereocenters. The Morgan fingerprint density at radius 3 is 2.81 bits per heavy atom. The Balaban J connectivity index is 2.14. The number of hydrogen-bond donors (Lipinski definition) is 0. The maximum absolute atomic E-state index is 11.9. The van der Waals surface area contributed by atoms with E-state index in [1.807, 2.05) is 31.2 Å². The summed E-state index contributed by atoms with van der Waals surface area (Å²) in [7, 11) is 0. The Hall–Kier alpha value is -1.96. The highest BCUT2D eigenvalue weighted by molar-refractivity contribution is 5.97. The van der Waals surface area contributed by atoms with Gasteiger partial charge < -0.3 is 0 Å². The van der Waals surface area contributed by atoms with Crippen molar-refractivity contribution >= 4 is 5.78 Å². The lowest BCUT2D eigenvalue weighted by Crippen LogP contribution is -2.03. The van der Waals surface area contributed by atoms with Gasteiger partial charge in [0.2, 0.25) is 0 Å². The number of carbonyl (C=O) groups is 1. The van der Waals surface area contributed by atoms with Gasteiger partial charge in [-0.1, -0.05) is 29.8 Å². The zero-order valence-corrected chi connectivity index (χ0v) is 9.18. The van der Waals surface area contributed by atoms with E-state index >= 15 is 0 Å². The van der Waals surface area contributed by atoms with Gasteiger partial charge in [-0.3, -0.25) is 9.78 Å². The van der Waals surface area contributed by atoms with Gasteiger partial charge in [-0.15, -0.1) is 0 Å². The first-order chi connectivity index (χ1) is 7.75. The lowest BCUT2D eigenvalue weighted by molar-refractivity contribution is 0.0992. The highest BCUT2D eigenvalue weighted by Gasteiger charge is 2.06. The average molecular weight is 211 g/mol. The largest absolute Gasteiger partial charge is 0.294 e. The van der Waals surface area contributed by atoms with Gasteiger partial charge in [-0.25, -0.2) is 0 Å². The van der Waals surface area contributed by atoms with Crippen LogP contribution in [-0.2, 0) is 6.42 Å². The third-order valence-electron chi connectivity index (χ3n) is 2.43. The number of hydrogen-bond acceptors (Lipinski definition) is 2. The summed E-state index contributed by atoms with van der Waals surface area (Å²) in [6.45, 7) is 2.03. The molecule has 0 amide bonds. The molecule has 0 aliphatic carbocycles. The topological polar surface area (TPSA) is 30.0 Å². The highest BCUT2D eigenvalue weighted by Crippen LogP contribution is 2.08. The molecule has 0 bridgehead atoms. The molecule has 2 aromatic rings. The molecule has 2 rings (SSSR count). The number of aryl methyl sites for hydroxylation is 1. The van der Waals surface area contributed by atoms with Crippen molar-refractivity contribution < 1.29 is 4.79 Å². The molecular formula is C14H13NO. The Bertz CT molecular complexity index is 491.